The molecule has 1 rings (SSSR count). The number of hydrogen-bond acceptors (Lipinski definition) is 2. The first-order valence-corrected chi connectivity index (χ1v) is 5.73. The highest BCUT2D eigenvalue weighted by Crippen LogP contribution is 2.22. The number of guanidine groups is 1. The van der Waals surface area contributed by atoms with E-state index in [1.807, 2.05) is 13.8 Å². The monoisotopic (exact) mass is 245 g/mol. The summed E-state index contributed by atoms with van der Waals surface area (Å²) in [5, 5.41) is 9.19. The number of carbonyl (C=O) groups is 1. The summed E-state index contributed by atoms with van der Waals surface area (Å²) in [5.41, 5.74) is 10.8. The fraction of sp³-hybridized carbons (Fsp3) is 0.286. The molecule has 0 unspecified atom stereocenters. The van der Waals surface area contributed by atoms with Crippen LogP contribution in [0, 0.1) is 33.1 Å². The molecule has 0 radical (unpaired) electrons. The minimum Gasteiger partial charge on any atom is -0.370 e. The second-order valence-electron chi connectivity index (χ2n) is 4.41. The molecule has 0 aliphatic heterocycles. The maximum absolute atomic E-state index is 11.4. The van der Waals surface area contributed by atoms with Crippen LogP contribution in [-0.2, 0) is 4.79 Å². The summed E-state index contributed by atoms with van der Waals surface area (Å²) in [6, 6.07) is 2.14. The second-order valence-corrected chi connectivity index (χ2v) is 4.41. The van der Waals surface area contributed by atoms with Gasteiger partial charge in [0.25, 0.3) is 5.91 Å². The van der Waals surface area contributed by atoms with E-state index in [0.29, 0.717) is 0 Å². The summed E-state index contributed by atoms with van der Waals surface area (Å²) in [4.78, 5) is 11.4. The molecule has 0 aromatic heterocycles. The first-order chi connectivity index (χ1) is 8.32. The van der Waals surface area contributed by atoms with E-state index in [9.17, 15) is 4.79 Å². The molecule has 0 heterocycles. The Morgan fingerprint density at radius 1 is 1.22 bits per heavy atom. The van der Waals surface area contributed by atoms with Gasteiger partial charge in [-0.25, -0.2) is 0 Å². The Labute approximate surface area is 107 Å². The fourth-order valence-electron chi connectivity index (χ4n) is 1.83. The summed E-state index contributed by atoms with van der Waals surface area (Å²) in [6.45, 7) is 8.16. The molecule has 0 aliphatic carbocycles. The van der Waals surface area contributed by atoms with Gasteiger partial charge in [0.15, 0.2) is 5.96 Å². The van der Waals surface area contributed by atoms with Gasteiger partial charge in [0, 0.05) is 6.08 Å². The molecule has 0 aliphatic rings. The minimum atomic E-state index is -0.388. The highest BCUT2D eigenvalue weighted by atomic mass is 16.1. The van der Waals surface area contributed by atoms with E-state index in [4.69, 9.17) is 11.1 Å². The Morgan fingerprint density at radius 3 is 2.17 bits per heavy atom. The third-order valence-corrected chi connectivity index (χ3v) is 3.08. The molecule has 18 heavy (non-hydrogen) atoms. The largest absolute Gasteiger partial charge is 0.370 e. The van der Waals surface area contributed by atoms with Crippen molar-refractivity contribution >= 4 is 17.9 Å². The van der Waals surface area contributed by atoms with Crippen LogP contribution in [-0.4, -0.2) is 11.9 Å². The highest BCUT2D eigenvalue weighted by molar-refractivity contribution is 6.02. The third kappa shape index (κ3) is 3.20. The smallest absolute Gasteiger partial charge is 0.250 e. The van der Waals surface area contributed by atoms with E-state index in [-0.39, 0.29) is 11.9 Å². The topological polar surface area (TPSA) is 79.0 Å². The van der Waals surface area contributed by atoms with Gasteiger partial charge in [-0.2, -0.15) is 0 Å². The molecule has 0 saturated carbocycles. The maximum atomic E-state index is 11.4. The lowest BCUT2D eigenvalue weighted by Gasteiger charge is -2.12. The van der Waals surface area contributed by atoms with Gasteiger partial charge in [-0.3, -0.25) is 15.5 Å². The van der Waals surface area contributed by atoms with Gasteiger partial charge in [-0.1, -0.05) is 6.07 Å². The zero-order chi connectivity index (χ0) is 13.9. The van der Waals surface area contributed by atoms with Crippen LogP contribution in [0.3, 0.4) is 0 Å². The minimum absolute atomic E-state index is 0.349. The second kappa shape index (κ2) is 5.49. The van der Waals surface area contributed by atoms with Gasteiger partial charge in [-0.15, -0.1) is 0 Å². The Hall–Kier alpha value is -2.10. The summed E-state index contributed by atoms with van der Waals surface area (Å²) in [7, 11) is 0. The van der Waals surface area contributed by atoms with E-state index in [1.165, 1.54) is 17.2 Å². The molecule has 0 saturated heterocycles. The Bertz CT molecular complexity index is 504. The molecule has 0 spiro atoms. The molecule has 0 bridgehead atoms. The molecule has 4 heteroatoms. The SMILES string of the molecule is Cc1cc(C)c(C)c(C=CC(=O)NC(=N)N)c1C. The van der Waals surface area contributed by atoms with Crippen molar-refractivity contribution in [3.05, 3.63) is 40.0 Å². The normalized spacial score (nSPS) is 10.7. The Morgan fingerprint density at radius 2 is 1.72 bits per heavy atom. The van der Waals surface area contributed by atoms with Crippen LogP contribution in [0.5, 0.6) is 0 Å². The molecule has 1 aromatic rings. The van der Waals surface area contributed by atoms with Crippen LogP contribution >= 0.6 is 0 Å². The van der Waals surface area contributed by atoms with E-state index < -0.39 is 0 Å². The molecule has 0 fully saturated rings. The number of nitrogens with one attached hydrogen (secondary N) is 2. The van der Waals surface area contributed by atoms with Crippen molar-refractivity contribution in [2.75, 3.05) is 0 Å². The summed E-state index contributed by atoms with van der Waals surface area (Å²) in [5.74, 6) is -0.737. The van der Waals surface area contributed by atoms with Crippen molar-refractivity contribution in [2.24, 2.45) is 5.73 Å². The van der Waals surface area contributed by atoms with Crippen molar-refractivity contribution in [1.29, 1.82) is 5.41 Å². The standard InChI is InChI=1S/C14H19N3O/c1-8-7-9(2)11(4)12(10(8)3)5-6-13(18)17-14(15)16/h5-7H,1-4H3,(H4,15,16,17,18). The van der Waals surface area contributed by atoms with Gasteiger partial charge in [0.1, 0.15) is 0 Å². The molecular weight excluding hydrogens is 226 g/mol. The zero-order valence-electron chi connectivity index (χ0n) is 11.2. The van der Waals surface area contributed by atoms with Crippen molar-refractivity contribution in [1.82, 2.24) is 5.32 Å². The molecule has 1 amide bonds. The van der Waals surface area contributed by atoms with Crippen molar-refractivity contribution in [3.63, 3.8) is 0 Å². The Kier molecular flexibility index (Phi) is 4.26. The van der Waals surface area contributed by atoms with Gasteiger partial charge in [-0.05, 0) is 61.6 Å². The van der Waals surface area contributed by atoms with Crippen LogP contribution in [0.25, 0.3) is 6.08 Å². The molecule has 96 valence electrons. The molecular formula is C14H19N3O. The van der Waals surface area contributed by atoms with Crippen molar-refractivity contribution in [2.45, 2.75) is 27.7 Å². The van der Waals surface area contributed by atoms with Crippen molar-refractivity contribution in [3.8, 4) is 0 Å². The molecule has 4 nitrogen and oxygen atoms in total. The number of carbonyl (C=O) groups excluding carboxylic acids is 1. The quantitative estimate of drug-likeness (QED) is 0.423. The zero-order valence-corrected chi connectivity index (χ0v) is 11.2. The lowest BCUT2D eigenvalue weighted by molar-refractivity contribution is -0.115. The maximum Gasteiger partial charge on any atom is 0.250 e. The molecule has 4 N–H and O–H groups in total. The lowest BCUT2D eigenvalue weighted by atomic mass is 9.94. The average Bonchev–Trinajstić information content (AvgIpc) is 2.25. The Balaban J connectivity index is 3.08. The number of aryl methyl sites for hydroxylation is 2. The number of nitrogens with two attached hydrogens (primary N) is 1. The van der Waals surface area contributed by atoms with Gasteiger partial charge < -0.3 is 5.73 Å². The summed E-state index contributed by atoms with van der Waals surface area (Å²) in [6.07, 6.45) is 3.17. The number of rotatable bonds is 2. The number of hydrogen-bond donors (Lipinski definition) is 3. The van der Waals surface area contributed by atoms with E-state index in [0.717, 1.165) is 16.7 Å². The molecule has 1 aromatic carbocycles. The van der Waals surface area contributed by atoms with Crippen LogP contribution in [0.1, 0.15) is 27.8 Å². The number of amides is 1. The first-order valence-electron chi connectivity index (χ1n) is 5.73. The first kappa shape index (κ1) is 14.0. The predicted molar refractivity (Wildman–Crippen MR) is 74.5 cm³/mol. The van der Waals surface area contributed by atoms with E-state index >= 15 is 0 Å². The molecule has 0 atom stereocenters. The highest BCUT2D eigenvalue weighted by Gasteiger charge is 2.06. The number of benzene rings is 1. The fourth-order valence-corrected chi connectivity index (χ4v) is 1.83. The van der Waals surface area contributed by atoms with Crippen LogP contribution in [0.2, 0.25) is 0 Å². The summed E-state index contributed by atoms with van der Waals surface area (Å²) < 4.78 is 0. The third-order valence-electron chi connectivity index (χ3n) is 3.08. The van der Waals surface area contributed by atoms with Crippen LogP contribution in [0.4, 0.5) is 0 Å². The van der Waals surface area contributed by atoms with Gasteiger partial charge in [0.05, 0.1) is 0 Å². The van der Waals surface area contributed by atoms with Gasteiger partial charge in [0.2, 0.25) is 0 Å². The average molecular weight is 245 g/mol. The summed E-state index contributed by atoms with van der Waals surface area (Å²) >= 11 is 0. The van der Waals surface area contributed by atoms with Gasteiger partial charge >= 0.3 is 0 Å². The lowest BCUT2D eigenvalue weighted by Crippen LogP contribution is -2.34. The van der Waals surface area contributed by atoms with Crippen LogP contribution in [0.15, 0.2) is 12.1 Å². The predicted octanol–water partition coefficient (Wildman–Crippen LogP) is 1.94. The van der Waals surface area contributed by atoms with Crippen LogP contribution < -0.4 is 11.1 Å². The van der Waals surface area contributed by atoms with E-state index in [1.54, 1.807) is 6.08 Å². The van der Waals surface area contributed by atoms with Crippen molar-refractivity contribution < 1.29 is 4.79 Å². The van der Waals surface area contributed by atoms with E-state index in [2.05, 4.69) is 25.2 Å².